The molecule has 3 heteroatoms. The van der Waals surface area contributed by atoms with E-state index in [1.165, 1.54) is 9.13 Å². The lowest BCUT2D eigenvalue weighted by Crippen LogP contribution is -2.18. The van der Waals surface area contributed by atoms with Crippen LogP contribution < -0.4 is 10.1 Å². The summed E-state index contributed by atoms with van der Waals surface area (Å²) in [5.74, 6) is 1.79. The molecule has 0 aliphatic carbocycles. The molecule has 0 fully saturated rings. The first-order valence-electron chi connectivity index (χ1n) is 6.46. The van der Waals surface area contributed by atoms with Gasteiger partial charge in [-0.25, -0.2) is 0 Å². The van der Waals surface area contributed by atoms with Gasteiger partial charge in [-0.1, -0.05) is 31.2 Å². The summed E-state index contributed by atoms with van der Waals surface area (Å²) in [6.07, 6.45) is 0. The molecule has 1 N–H and O–H groups in total. The average molecular weight is 367 g/mol. The van der Waals surface area contributed by atoms with Crippen LogP contribution in [0.4, 0.5) is 0 Å². The SMILES string of the molecule is CCNC(C)c1ccccc1Oc1cccc(I)c1. The number of para-hydroxylation sites is 1. The molecule has 1 atom stereocenters. The maximum Gasteiger partial charge on any atom is 0.132 e. The molecule has 2 nitrogen and oxygen atoms in total. The molecule has 0 amide bonds. The predicted molar refractivity (Wildman–Crippen MR) is 87.8 cm³/mol. The fourth-order valence-electron chi connectivity index (χ4n) is 2.00. The monoisotopic (exact) mass is 367 g/mol. The molecule has 2 aromatic carbocycles. The van der Waals surface area contributed by atoms with E-state index >= 15 is 0 Å². The molecule has 0 saturated carbocycles. The normalized spacial score (nSPS) is 12.2. The minimum absolute atomic E-state index is 0.281. The number of benzene rings is 2. The van der Waals surface area contributed by atoms with Crippen LogP contribution >= 0.6 is 22.6 Å². The summed E-state index contributed by atoms with van der Waals surface area (Å²) in [6.45, 7) is 5.21. The number of ether oxygens (including phenoxy) is 1. The van der Waals surface area contributed by atoms with Gasteiger partial charge in [0.1, 0.15) is 11.5 Å². The molecule has 0 aromatic heterocycles. The lowest BCUT2D eigenvalue weighted by atomic mass is 10.1. The first kappa shape index (κ1) is 14.3. The van der Waals surface area contributed by atoms with Gasteiger partial charge in [0.15, 0.2) is 0 Å². The average Bonchev–Trinajstić information content (AvgIpc) is 2.39. The quantitative estimate of drug-likeness (QED) is 0.770. The van der Waals surface area contributed by atoms with E-state index in [0.29, 0.717) is 0 Å². The molecule has 0 aliphatic rings. The van der Waals surface area contributed by atoms with Gasteiger partial charge in [-0.2, -0.15) is 0 Å². The van der Waals surface area contributed by atoms with Crippen LogP contribution in [0.15, 0.2) is 48.5 Å². The van der Waals surface area contributed by atoms with Gasteiger partial charge in [0, 0.05) is 15.2 Å². The summed E-state index contributed by atoms with van der Waals surface area (Å²) in [5.41, 5.74) is 1.18. The van der Waals surface area contributed by atoms with Crippen molar-refractivity contribution in [1.82, 2.24) is 5.32 Å². The highest BCUT2D eigenvalue weighted by molar-refractivity contribution is 14.1. The molecule has 0 bridgehead atoms. The molecular formula is C16H18INO. The highest BCUT2D eigenvalue weighted by Gasteiger charge is 2.10. The van der Waals surface area contributed by atoms with Crippen molar-refractivity contribution in [3.63, 3.8) is 0 Å². The van der Waals surface area contributed by atoms with E-state index in [9.17, 15) is 0 Å². The highest BCUT2D eigenvalue weighted by atomic mass is 127. The van der Waals surface area contributed by atoms with E-state index < -0.39 is 0 Å². The molecule has 100 valence electrons. The summed E-state index contributed by atoms with van der Waals surface area (Å²) in [5, 5.41) is 3.42. The summed E-state index contributed by atoms with van der Waals surface area (Å²) in [6, 6.07) is 16.5. The number of hydrogen-bond donors (Lipinski definition) is 1. The maximum atomic E-state index is 6.01. The van der Waals surface area contributed by atoms with Crippen molar-refractivity contribution in [2.75, 3.05) is 6.54 Å². The summed E-state index contributed by atoms with van der Waals surface area (Å²) in [7, 11) is 0. The Morgan fingerprint density at radius 3 is 2.68 bits per heavy atom. The van der Waals surface area contributed by atoms with E-state index in [2.05, 4.69) is 53.9 Å². The molecule has 1 unspecified atom stereocenters. The number of rotatable bonds is 5. The van der Waals surface area contributed by atoms with Gasteiger partial charge in [-0.3, -0.25) is 0 Å². The minimum Gasteiger partial charge on any atom is -0.457 e. The van der Waals surface area contributed by atoms with Crippen LogP contribution in [-0.4, -0.2) is 6.54 Å². The van der Waals surface area contributed by atoms with E-state index in [-0.39, 0.29) is 6.04 Å². The largest absolute Gasteiger partial charge is 0.457 e. The van der Waals surface area contributed by atoms with Gasteiger partial charge in [0.2, 0.25) is 0 Å². The van der Waals surface area contributed by atoms with Crippen LogP contribution in [0.25, 0.3) is 0 Å². The fourth-order valence-corrected chi connectivity index (χ4v) is 2.52. The van der Waals surface area contributed by atoms with Crippen molar-refractivity contribution >= 4 is 22.6 Å². The maximum absolute atomic E-state index is 6.01. The Labute approximate surface area is 128 Å². The van der Waals surface area contributed by atoms with Crippen molar-refractivity contribution in [1.29, 1.82) is 0 Å². The zero-order chi connectivity index (χ0) is 13.7. The van der Waals surface area contributed by atoms with Gasteiger partial charge < -0.3 is 10.1 Å². The third-order valence-corrected chi connectivity index (χ3v) is 3.59. The van der Waals surface area contributed by atoms with E-state index in [0.717, 1.165) is 18.0 Å². The van der Waals surface area contributed by atoms with Crippen LogP contribution in [0, 0.1) is 3.57 Å². The van der Waals surface area contributed by atoms with Gasteiger partial charge in [0.25, 0.3) is 0 Å². The predicted octanol–water partition coefficient (Wildman–Crippen LogP) is 4.75. The van der Waals surface area contributed by atoms with E-state index in [1.54, 1.807) is 0 Å². The first-order chi connectivity index (χ1) is 9.20. The van der Waals surface area contributed by atoms with Gasteiger partial charge in [-0.15, -0.1) is 0 Å². The van der Waals surface area contributed by atoms with Crippen LogP contribution in [0.1, 0.15) is 25.5 Å². The number of hydrogen-bond acceptors (Lipinski definition) is 2. The summed E-state index contributed by atoms with van der Waals surface area (Å²) < 4.78 is 7.19. The second-order valence-electron chi connectivity index (χ2n) is 4.38. The van der Waals surface area contributed by atoms with Gasteiger partial charge >= 0.3 is 0 Å². The Hall–Kier alpha value is -1.07. The van der Waals surface area contributed by atoms with Gasteiger partial charge in [-0.05, 0) is 60.3 Å². The minimum atomic E-state index is 0.281. The topological polar surface area (TPSA) is 21.3 Å². The lowest BCUT2D eigenvalue weighted by molar-refractivity contribution is 0.463. The van der Waals surface area contributed by atoms with Crippen molar-refractivity contribution in [3.05, 3.63) is 57.7 Å². The molecule has 0 saturated heterocycles. The molecule has 0 radical (unpaired) electrons. The van der Waals surface area contributed by atoms with Crippen molar-refractivity contribution < 1.29 is 4.74 Å². The standard InChI is InChI=1S/C16H18INO/c1-3-18-12(2)15-9-4-5-10-16(15)19-14-8-6-7-13(17)11-14/h4-12,18H,3H2,1-2H3. The molecule has 0 heterocycles. The van der Waals surface area contributed by atoms with Crippen molar-refractivity contribution in [2.45, 2.75) is 19.9 Å². The zero-order valence-corrected chi connectivity index (χ0v) is 13.3. The number of halogens is 1. The zero-order valence-electron chi connectivity index (χ0n) is 11.2. The van der Waals surface area contributed by atoms with Crippen LogP contribution in [0.5, 0.6) is 11.5 Å². The van der Waals surface area contributed by atoms with E-state index in [1.807, 2.05) is 36.4 Å². The van der Waals surface area contributed by atoms with Crippen LogP contribution in [0.3, 0.4) is 0 Å². The Bertz CT molecular complexity index is 542. The first-order valence-corrected chi connectivity index (χ1v) is 7.54. The molecule has 0 spiro atoms. The molecule has 2 rings (SSSR count). The molecule has 0 aliphatic heterocycles. The van der Waals surface area contributed by atoms with Crippen molar-refractivity contribution in [2.24, 2.45) is 0 Å². The summed E-state index contributed by atoms with van der Waals surface area (Å²) >= 11 is 2.29. The second kappa shape index (κ2) is 6.91. The third-order valence-electron chi connectivity index (χ3n) is 2.92. The van der Waals surface area contributed by atoms with Crippen LogP contribution in [-0.2, 0) is 0 Å². The Morgan fingerprint density at radius 1 is 1.16 bits per heavy atom. The molecule has 19 heavy (non-hydrogen) atoms. The Morgan fingerprint density at radius 2 is 1.95 bits per heavy atom. The Kier molecular flexibility index (Phi) is 5.22. The third kappa shape index (κ3) is 3.94. The molecular weight excluding hydrogens is 349 g/mol. The van der Waals surface area contributed by atoms with Gasteiger partial charge in [0.05, 0.1) is 0 Å². The highest BCUT2D eigenvalue weighted by Crippen LogP contribution is 2.29. The van der Waals surface area contributed by atoms with E-state index in [4.69, 9.17) is 4.74 Å². The van der Waals surface area contributed by atoms with Crippen LogP contribution in [0.2, 0.25) is 0 Å². The fraction of sp³-hybridized carbons (Fsp3) is 0.250. The lowest BCUT2D eigenvalue weighted by Gasteiger charge is -2.17. The second-order valence-corrected chi connectivity index (χ2v) is 5.62. The summed E-state index contributed by atoms with van der Waals surface area (Å²) in [4.78, 5) is 0. The van der Waals surface area contributed by atoms with Crippen molar-refractivity contribution in [3.8, 4) is 11.5 Å². The Balaban J connectivity index is 2.25. The number of nitrogens with one attached hydrogen (secondary N) is 1. The smallest absolute Gasteiger partial charge is 0.132 e. The molecule has 2 aromatic rings.